The number of nitrogens with zero attached hydrogens (tertiary/aromatic N) is 1. The van der Waals surface area contributed by atoms with Crippen LogP contribution in [-0.2, 0) is 16.1 Å². The standard InChI is InChI=1S/C20H22N2O3/c1-2-25-18-11-7-6-10-17(18)21-20(24)16-12-19(23)22(14-16)13-15-8-4-3-5-9-15/h3-11,16H,2,12-14H2,1H3,(H,21,24)/t16-/m0/s1. The van der Waals surface area contributed by atoms with Crippen LogP contribution in [0.4, 0.5) is 5.69 Å². The first-order chi connectivity index (χ1) is 12.2. The molecule has 0 spiro atoms. The number of para-hydroxylation sites is 2. The van der Waals surface area contributed by atoms with Crippen molar-refractivity contribution in [3.05, 3.63) is 60.2 Å². The first-order valence-corrected chi connectivity index (χ1v) is 8.51. The normalized spacial score (nSPS) is 16.8. The second kappa shape index (κ2) is 7.83. The molecular formula is C20H22N2O3. The molecule has 0 saturated carbocycles. The van der Waals surface area contributed by atoms with Crippen molar-refractivity contribution in [3.8, 4) is 5.75 Å². The van der Waals surface area contributed by atoms with E-state index in [0.29, 0.717) is 31.1 Å². The fraction of sp³-hybridized carbons (Fsp3) is 0.300. The van der Waals surface area contributed by atoms with Crippen molar-refractivity contribution in [1.29, 1.82) is 0 Å². The van der Waals surface area contributed by atoms with Crippen LogP contribution in [0.2, 0.25) is 0 Å². The van der Waals surface area contributed by atoms with Crippen LogP contribution < -0.4 is 10.1 Å². The maximum absolute atomic E-state index is 12.6. The highest BCUT2D eigenvalue weighted by Gasteiger charge is 2.34. The summed E-state index contributed by atoms with van der Waals surface area (Å²) in [4.78, 5) is 26.5. The smallest absolute Gasteiger partial charge is 0.229 e. The van der Waals surface area contributed by atoms with Crippen LogP contribution in [-0.4, -0.2) is 29.9 Å². The highest BCUT2D eigenvalue weighted by molar-refractivity contribution is 5.98. The molecule has 0 radical (unpaired) electrons. The van der Waals surface area contributed by atoms with Crippen LogP contribution in [0, 0.1) is 5.92 Å². The molecule has 5 heteroatoms. The Balaban J connectivity index is 1.63. The minimum atomic E-state index is -0.342. The molecule has 0 aromatic heterocycles. The molecule has 1 aliphatic rings. The first-order valence-electron chi connectivity index (χ1n) is 8.51. The van der Waals surface area contributed by atoms with E-state index in [4.69, 9.17) is 4.74 Å². The Hall–Kier alpha value is -2.82. The van der Waals surface area contributed by atoms with Gasteiger partial charge in [-0.25, -0.2) is 0 Å². The number of rotatable bonds is 6. The summed E-state index contributed by atoms with van der Waals surface area (Å²) in [6.07, 6.45) is 0.246. The number of anilines is 1. The molecular weight excluding hydrogens is 316 g/mol. The Morgan fingerprint density at radius 3 is 2.64 bits per heavy atom. The van der Waals surface area contributed by atoms with Crippen molar-refractivity contribution in [2.24, 2.45) is 5.92 Å². The third-order valence-corrected chi connectivity index (χ3v) is 4.25. The molecule has 0 unspecified atom stereocenters. The molecule has 1 atom stereocenters. The molecule has 1 aliphatic heterocycles. The Kier molecular flexibility index (Phi) is 5.33. The highest BCUT2D eigenvalue weighted by Crippen LogP contribution is 2.26. The van der Waals surface area contributed by atoms with Gasteiger partial charge in [-0.3, -0.25) is 9.59 Å². The largest absolute Gasteiger partial charge is 0.492 e. The molecule has 0 aliphatic carbocycles. The third-order valence-electron chi connectivity index (χ3n) is 4.25. The maximum atomic E-state index is 12.6. The van der Waals surface area contributed by atoms with Crippen molar-refractivity contribution < 1.29 is 14.3 Å². The number of carbonyl (C=O) groups is 2. The van der Waals surface area contributed by atoms with E-state index in [2.05, 4.69) is 5.32 Å². The summed E-state index contributed by atoms with van der Waals surface area (Å²) in [5, 5.41) is 2.90. The number of hydrogen-bond acceptors (Lipinski definition) is 3. The average Bonchev–Trinajstić information content (AvgIpc) is 2.99. The van der Waals surface area contributed by atoms with Gasteiger partial charge in [-0.05, 0) is 24.6 Å². The van der Waals surface area contributed by atoms with Gasteiger partial charge < -0.3 is 15.0 Å². The molecule has 2 amide bonds. The SMILES string of the molecule is CCOc1ccccc1NC(=O)[C@H]1CC(=O)N(Cc2ccccc2)C1. The van der Waals surface area contributed by atoms with Crippen molar-refractivity contribution in [3.63, 3.8) is 0 Å². The minimum Gasteiger partial charge on any atom is -0.492 e. The zero-order valence-electron chi connectivity index (χ0n) is 14.3. The van der Waals surface area contributed by atoms with Crippen LogP contribution in [0.5, 0.6) is 5.75 Å². The molecule has 1 heterocycles. The van der Waals surface area contributed by atoms with E-state index < -0.39 is 0 Å². The second-order valence-corrected chi connectivity index (χ2v) is 6.08. The fourth-order valence-electron chi connectivity index (χ4n) is 2.99. The van der Waals surface area contributed by atoms with Gasteiger partial charge >= 0.3 is 0 Å². The summed E-state index contributed by atoms with van der Waals surface area (Å²) in [5.74, 6) is 0.174. The maximum Gasteiger partial charge on any atom is 0.229 e. The Morgan fingerprint density at radius 2 is 1.88 bits per heavy atom. The van der Waals surface area contributed by atoms with E-state index >= 15 is 0 Å². The lowest BCUT2D eigenvalue weighted by Crippen LogP contribution is -2.28. The van der Waals surface area contributed by atoms with Crippen molar-refractivity contribution in [2.45, 2.75) is 19.9 Å². The number of ether oxygens (including phenoxy) is 1. The van der Waals surface area contributed by atoms with E-state index in [1.165, 1.54) is 0 Å². The van der Waals surface area contributed by atoms with Crippen LogP contribution >= 0.6 is 0 Å². The zero-order valence-corrected chi connectivity index (χ0v) is 14.3. The third kappa shape index (κ3) is 4.18. The van der Waals surface area contributed by atoms with E-state index in [0.717, 1.165) is 5.56 Å². The van der Waals surface area contributed by atoms with E-state index in [1.807, 2.05) is 55.5 Å². The Labute approximate surface area is 147 Å². The number of hydrogen-bond donors (Lipinski definition) is 1. The van der Waals surface area contributed by atoms with Crippen molar-refractivity contribution in [1.82, 2.24) is 4.90 Å². The van der Waals surface area contributed by atoms with E-state index in [9.17, 15) is 9.59 Å². The molecule has 5 nitrogen and oxygen atoms in total. The highest BCUT2D eigenvalue weighted by atomic mass is 16.5. The van der Waals surface area contributed by atoms with Gasteiger partial charge in [0.1, 0.15) is 5.75 Å². The summed E-state index contributed by atoms with van der Waals surface area (Å²) in [5.41, 5.74) is 1.71. The molecule has 3 rings (SSSR count). The summed E-state index contributed by atoms with van der Waals surface area (Å²) in [6, 6.07) is 17.2. The predicted octanol–water partition coefficient (Wildman–Crippen LogP) is 3.07. The molecule has 1 N–H and O–H groups in total. The van der Waals surface area contributed by atoms with Crippen LogP contribution in [0.1, 0.15) is 18.9 Å². The van der Waals surface area contributed by atoms with E-state index in [1.54, 1.807) is 11.0 Å². The molecule has 1 saturated heterocycles. The van der Waals surface area contributed by atoms with Gasteiger partial charge in [0.05, 0.1) is 18.2 Å². The zero-order chi connectivity index (χ0) is 17.6. The first kappa shape index (κ1) is 17.0. The van der Waals surface area contributed by atoms with Gasteiger partial charge in [-0.1, -0.05) is 42.5 Å². The van der Waals surface area contributed by atoms with Gasteiger partial charge in [0.2, 0.25) is 11.8 Å². The Morgan fingerprint density at radius 1 is 1.16 bits per heavy atom. The summed E-state index contributed by atoms with van der Waals surface area (Å²) in [6.45, 7) is 3.41. The van der Waals surface area contributed by atoms with Crippen molar-refractivity contribution >= 4 is 17.5 Å². The number of likely N-dealkylation sites (tertiary alicyclic amines) is 1. The lowest BCUT2D eigenvalue weighted by Gasteiger charge is -2.17. The van der Waals surface area contributed by atoms with Crippen LogP contribution in [0.15, 0.2) is 54.6 Å². The molecule has 130 valence electrons. The number of amides is 2. The van der Waals surface area contributed by atoms with E-state index in [-0.39, 0.29) is 24.2 Å². The number of nitrogens with one attached hydrogen (secondary N) is 1. The van der Waals surface area contributed by atoms with Gasteiger partial charge in [0.15, 0.2) is 0 Å². The van der Waals surface area contributed by atoms with Gasteiger partial charge in [-0.2, -0.15) is 0 Å². The number of carbonyl (C=O) groups excluding carboxylic acids is 2. The lowest BCUT2D eigenvalue weighted by molar-refractivity contribution is -0.128. The summed E-state index contributed by atoms with van der Waals surface area (Å²) < 4.78 is 5.53. The Bertz CT molecular complexity index is 746. The molecule has 0 bridgehead atoms. The van der Waals surface area contributed by atoms with Crippen LogP contribution in [0.25, 0.3) is 0 Å². The molecule has 1 fully saturated rings. The van der Waals surface area contributed by atoms with Gasteiger partial charge in [0, 0.05) is 19.5 Å². The van der Waals surface area contributed by atoms with Crippen molar-refractivity contribution in [2.75, 3.05) is 18.5 Å². The quantitative estimate of drug-likeness (QED) is 0.880. The topological polar surface area (TPSA) is 58.6 Å². The summed E-state index contributed by atoms with van der Waals surface area (Å²) in [7, 11) is 0. The summed E-state index contributed by atoms with van der Waals surface area (Å²) >= 11 is 0. The van der Waals surface area contributed by atoms with Gasteiger partial charge in [0.25, 0.3) is 0 Å². The monoisotopic (exact) mass is 338 g/mol. The second-order valence-electron chi connectivity index (χ2n) is 6.08. The minimum absolute atomic E-state index is 0.0158. The average molecular weight is 338 g/mol. The number of benzene rings is 2. The molecule has 2 aromatic carbocycles. The molecule has 25 heavy (non-hydrogen) atoms. The van der Waals surface area contributed by atoms with Crippen LogP contribution in [0.3, 0.4) is 0 Å². The van der Waals surface area contributed by atoms with Gasteiger partial charge in [-0.15, -0.1) is 0 Å². The molecule has 2 aromatic rings. The fourth-order valence-corrected chi connectivity index (χ4v) is 2.99. The lowest BCUT2D eigenvalue weighted by atomic mass is 10.1. The predicted molar refractivity (Wildman–Crippen MR) is 96.2 cm³/mol.